The van der Waals surface area contributed by atoms with Crippen LogP contribution in [0, 0.1) is 5.82 Å². The number of carbonyl (C=O) groups excluding carboxylic acids is 2. The minimum absolute atomic E-state index is 0.302. The van der Waals surface area contributed by atoms with E-state index in [0.717, 1.165) is 0 Å². The highest BCUT2D eigenvalue weighted by molar-refractivity contribution is 6.08. The van der Waals surface area contributed by atoms with E-state index in [1.54, 1.807) is 24.3 Å². The van der Waals surface area contributed by atoms with Crippen LogP contribution in [0.3, 0.4) is 0 Å². The summed E-state index contributed by atoms with van der Waals surface area (Å²) in [4.78, 5) is 23.5. The van der Waals surface area contributed by atoms with Gasteiger partial charge in [-0.15, -0.1) is 0 Å². The van der Waals surface area contributed by atoms with Gasteiger partial charge in [-0.3, -0.25) is 9.59 Å². The van der Waals surface area contributed by atoms with Gasteiger partial charge in [0, 0.05) is 10.9 Å². The lowest BCUT2D eigenvalue weighted by molar-refractivity contribution is -0.122. The number of fused-ring (bicyclic) bond motifs is 1. The van der Waals surface area contributed by atoms with Crippen LogP contribution in [-0.2, 0) is 4.79 Å². The van der Waals surface area contributed by atoms with Crippen LogP contribution in [0.4, 0.5) is 4.39 Å². The number of benzene rings is 2. The third-order valence-electron chi connectivity index (χ3n) is 3.16. The van der Waals surface area contributed by atoms with Crippen molar-refractivity contribution in [3.05, 3.63) is 47.8 Å². The Labute approximate surface area is 115 Å². The summed E-state index contributed by atoms with van der Waals surface area (Å²) in [5.41, 5.74) is 4.35. The molecule has 20 heavy (non-hydrogen) atoms. The number of primary amides is 1. The molecule has 0 aliphatic heterocycles. The molecule has 2 aromatic rings. The molecule has 2 aromatic carbocycles. The lowest BCUT2D eigenvalue weighted by atomic mass is 10.0. The van der Waals surface area contributed by atoms with Crippen LogP contribution in [0.15, 0.2) is 36.4 Å². The quantitative estimate of drug-likeness (QED) is 0.898. The molecule has 104 valence electrons. The van der Waals surface area contributed by atoms with Crippen molar-refractivity contribution in [3.8, 4) is 0 Å². The van der Waals surface area contributed by atoms with Gasteiger partial charge in [-0.25, -0.2) is 4.39 Å². The number of rotatable bonds is 3. The maximum atomic E-state index is 13.7. The molecular weight excluding hydrogens is 259 g/mol. The van der Waals surface area contributed by atoms with Crippen molar-refractivity contribution in [1.29, 1.82) is 0 Å². The van der Waals surface area contributed by atoms with Crippen LogP contribution in [0.25, 0.3) is 10.8 Å². The monoisotopic (exact) mass is 274 g/mol. The molecule has 0 atom stereocenters. The van der Waals surface area contributed by atoms with Crippen LogP contribution in [0.1, 0.15) is 24.2 Å². The molecule has 0 unspecified atom stereocenters. The topological polar surface area (TPSA) is 72.2 Å². The van der Waals surface area contributed by atoms with Crippen molar-refractivity contribution in [2.45, 2.75) is 19.4 Å². The van der Waals surface area contributed by atoms with Gasteiger partial charge in [0.2, 0.25) is 5.91 Å². The van der Waals surface area contributed by atoms with E-state index in [2.05, 4.69) is 5.32 Å². The Morgan fingerprint density at radius 2 is 1.70 bits per heavy atom. The van der Waals surface area contributed by atoms with Gasteiger partial charge >= 0.3 is 0 Å². The molecule has 2 rings (SSSR count). The second kappa shape index (κ2) is 4.92. The molecule has 0 heterocycles. The highest BCUT2D eigenvalue weighted by Gasteiger charge is 2.28. The molecule has 5 heteroatoms. The molecule has 0 spiro atoms. The third kappa shape index (κ3) is 2.47. The first-order valence-electron chi connectivity index (χ1n) is 6.12. The highest BCUT2D eigenvalue weighted by Crippen LogP contribution is 2.22. The van der Waals surface area contributed by atoms with Crippen LogP contribution in [-0.4, -0.2) is 17.4 Å². The van der Waals surface area contributed by atoms with E-state index in [-0.39, 0.29) is 0 Å². The lowest BCUT2D eigenvalue weighted by Gasteiger charge is -2.22. The molecule has 2 amide bonds. The smallest absolute Gasteiger partial charge is 0.252 e. The van der Waals surface area contributed by atoms with Crippen LogP contribution >= 0.6 is 0 Å². The van der Waals surface area contributed by atoms with E-state index in [1.165, 1.54) is 26.0 Å². The summed E-state index contributed by atoms with van der Waals surface area (Å²) in [7, 11) is 0. The average molecular weight is 274 g/mol. The van der Waals surface area contributed by atoms with E-state index in [0.29, 0.717) is 16.3 Å². The Hall–Kier alpha value is -2.43. The molecule has 0 radical (unpaired) electrons. The number of carbonyl (C=O) groups is 2. The fourth-order valence-corrected chi connectivity index (χ4v) is 1.87. The van der Waals surface area contributed by atoms with Gasteiger partial charge in [-0.2, -0.15) is 0 Å². The van der Waals surface area contributed by atoms with Crippen molar-refractivity contribution in [3.63, 3.8) is 0 Å². The maximum absolute atomic E-state index is 13.7. The Morgan fingerprint density at radius 3 is 2.30 bits per heavy atom. The normalized spacial score (nSPS) is 11.3. The summed E-state index contributed by atoms with van der Waals surface area (Å²) in [6.45, 7) is 3.03. The molecule has 0 saturated heterocycles. The summed E-state index contributed by atoms with van der Waals surface area (Å²) in [5.74, 6) is -1.51. The van der Waals surface area contributed by atoms with E-state index in [9.17, 15) is 14.0 Å². The van der Waals surface area contributed by atoms with Gasteiger partial charge < -0.3 is 11.1 Å². The van der Waals surface area contributed by atoms with E-state index < -0.39 is 23.2 Å². The standard InChI is InChI=1S/C15H15FN2O2/c1-15(2,14(17)20)18-13(19)11-7-8-12(16)10-6-4-3-5-9(10)11/h3-8H,1-2H3,(H2,17,20)(H,18,19). The van der Waals surface area contributed by atoms with Crippen molar-refractivity contribution >= 4 is 22.6 Å². The first kappa shape index (κ1) is 14.0. The van der Waals surface area contributed by atoms with E-state index in [4.69, 9.17) is 5.73 Å². The summed E-state index contributed by atoms with van der Waals surface area (Å²) in [6, 6.07) is 9.29. The zero-order valence-corrected chi connectivity index (χ0v) is 11.2. The maximum Gasteiger partial charge on any atom is 0.252 e. The molecule has 0 fully saturated rings. The van der Waals surface area contributed by atoms with Gasteiger partial charge in [0.1, 0.15) is 11.4 Å². The molecule has 3 N–H and O–H groups in total. The predicted octanol–water partition coefficient (Wildman–Crippen LogP) is 1.97. The Morgan fingerprint density at radius 1 is 1.10 bits per heavy atom. The average Bonchev–Trinajstić information content (AvgIpc) is 2.38. The third-order valence-corrected chi connectivity index (χ3v) is 3.16. The second-order valence-corrected chi connectivity index (χ2v) is 5.08. The molecule has 4 nitrogen and oxygen atoms in total. The fraction of sp³-hybridized carbons (Fsp3) is 0.200. The largest absolute Gasteiger partial charge is 0.368 e. The van der Waals surface area contributed by atoms with E-state index >= 15 is 0 Å². The van der Waals surface area contributed by atoms with E-state index in [1.807, 2.05) is 0 Å². The Balaban J connectivity index is 2.46. The minimum Gasteiger partial charge on any atom is -0.368 e. The van der Waals surface area contributed by atoms with Crippen LogP contribution in [0.2, 0.25) is 0 Å². The number of hydrogen-bond donors (Lipinski definition) is 2. The first-order chi connectivity index (χ1) is 9.33. The summed E-state index contributed by atoms with van der Waals surface area (Å²) < 4.78 is 13.7. The molecule has 0 aliphatic carbocycles. The second-order valence-electron chi connectivity index (χ2n) is 5.08. The van der Waals surface area contributed by atoms with Crippen LogP contribution < -0.4 is 11.1 Å². The molecule has 0 aliphatic rings. The summed E-state index contributed by atoms with van der Waals surface area (Å²) in [5, 5.41) is 3.40. The van der Waals surface area contributed by atoms with Gasteiger partial charge in [-0.1, -0.05) is 24.3 Å². The van der Waals surface area contributed by atoms with Gasteiger partial charge in [0.25, 0.3) is 5.91 Å². The predicted molar refractivity (Wildman–Crippen MR) is 74.6 cm³/mol. The molecular formula is C15H15FN2O2. The van der Waals surface area contributed by atoms with Crippen molar-refractivity contribution in [2.75, 3.05) is 0 Å². The lowest BCUT2D eigenvalue weighted by Crippen LogP contribution is -2.53. The Bertz CT molecular complexity index is 695. The molecule has 0 bridgehead atoms. The first-order valence-corrected chi connectivity index (χ1v) is 6.12. The van der Waals surface area contributed by atoms with Gasteiger partial charge in [0.15, 0.2) is 0 Å². The number of halogens is 1. The number of nitrogens with two attached hydrogens (primary N) is 1. The Kier molecular flexibility index (Phi) is 3.44. The van der Waals surface area contributed by atoms with Crippen molar-refractivity contribution in [1.82, 2.24) is 5.32 Å². The number of amides is 2. The zero-order chi connectivity index (χ0) is 14.9. The summed E-state index contributed by atoms with van der Waals surface area (Å²) >= 11 is 0. The zero-order valence-electron chi connectivity index (χ0n) is 11.2. The van der Waals surface area contributed by atoms with Crippen LogP contribution in [0.5, 0.6) is 0 Å². The summed E-state index contributed by atoms with van der Waals surface area (Å²) in [6.07, 6.45) is 0. The van der Waals surface area contributed by atoms with Gasteiger partial charge in [-0.05, 0) is 31.4 Å². The number of nitrogens with one attached hydrogen (secondary N) is 1. The fourth-order valence-electron chi connectivity index (χ4n) is 1.87. The SMILES string of the molecule is CC(C)(NC(=O)c1ccc(F)c2ccccc12)C(N)=O. The minimum atomic E-state index is -1.17. The molecule has 0 aromatic heterocycles. The molecule has 0 saturated carbocycles. The highest BCUT2D eigenvalue weighted by atomic mass is 19.1. The van der Waals surface area contributed by atoms with Gasteiger partial charge in [0.05, 0.1) is 0 Å². The van der Waals surface area contributed by atoms with Crippen molar-refractivity contribution in [2.24, 2.45) is 5.73 Å². The number of hydrogen-bond acceptors (Lipinski definition) is 2. The van der Waals surface area contributed by atoms with Crippen molar-refractivity contribution < 1.29 is 14.0 Å².